The largest absolute Gasteiger partial charge is 1.00 e. The molecule has 12 nitrogen and oxygen atoms in total. The summed E-state index contributed by atoms with van der Waals surface area (Å²) in [5, 5.41) is 29.7. The van der Waals surface area contributed by atoms with Crippen molar-refractivity contribution in [3.8, 4) is 0 Å². The maximum atomic E-state index is 12.4. The van der Waals surface area contributed by atoms with Gasteiger partial charge in [-0.1, -0.05) is 20.8 Å². The average molecular weight is 479 g/mol. The number of nitrogens with one attached hydrogen (secondary N) is 2. The average Bonchev–Trinajstić information content (AvgIpc) is 3.09. The van der Waals surface area contributed by atoms with Crippen LogP contribution in [0.1, 0.15) is 47.0 Å². The van der Waals surface area contributed by atoms with Crippen LogP contribution in [-0.4, -0.2) is 63.8 Å². The number of carbonyl (C=O) groups excluding carboxylic acids is 3. The van der Waals surface area contributed by atoms with Crippen LogP contribution in [0.5, 0.6) is 0 Å². The van der Waals surface area contributed by atoms with Gasteiger partial charge in [0, 0.05) is 12.6 Å². The van der Waals surface area contributed by atoms with E-state index in [9.17, 15) is 24.6 Å². The van der Waals surface area contributed by atoms with Gasteiger partial charge in [0.05, 0.1) is 18.0 Å². The van der Waals surface area contributed by atoms with Crippen LogP contribution in [0.3, 0.4) is 0 Å². The van der Waals surface area contributed by atoms with E-state index in [4.69, 9.17) is 10.5 Å². The quantitative estimate of drug-likeness (QED) is 0.288. The van der Waals surface area contributed by atoms with E-state index in [1.807, 2.05) is 6.92 Å². The molecule has 0 aromatic carbocycles. The maximum absolute atomic E-state index is 12.4. The smallest absolute Gasteiger partial charge is 0.549 e. The molecule has 1 aromatic rings. The van der Waals surface area contributed by atoms with Gasteiger partial charge < -0.3 is 36.1 Å². The molecule has 13 heteroatoms. The Kier molecular flexibility index (Phi) is 10.1. The summed E-state index contributed by atoms with van der Waals surface area (Å²) in [5.41, 5.74) is 3.32. The van der Waals surface area contributed by atoms with Gasteiger partial charge in [0.25, 0.3) is 0 Å². The van der Waals surface area contributed by atoms with E-state index in [1.165, 1.54) is 13.3 Å². The molecule has 2 amide bonds. The Hall–Kier alpha value is -1.25. The van der Waals surface area contributed by atoms with Gasteiger partial charge in [-0.15, -0.1) is 5.10 Å². The summed E-state index contributed by atoms with van der Waals surface area (Å²) in [5.74, 6) is -1.50. The molecule has 3 atom stereocenters. The first kappa shape index (κ1) is 28.8. The first-order chi connectivity index (χ1) is 14.3. The van der Waals surface area contributed by atoms with Gasteiger partial charge in [-0.2, -0.15) is 4.68 Å². The van der Waals surface area contributed by atoms with Crippen LogP contribution < -0.4 is 72.9 Å². The van der Waals surface area contributed by atoms with Crippen molar-refractivity contribution >= 4 is 24.0 Å². The van der Waals surface area contributed by atoms with Gasteiger partial charge in [0.15, 0.2) is 0 Å². The van der Waals surface area contributed by atoms with Gasteiger partial charge in [0.1, 0.15) is 12.9 Å². The minimum absolute atomic E-state index is 0. The van der Waals surface area contributed by atoms with E-state index >= 15 is 0 Å². The fourth-order valence-electron chi connectivity index (χ4n) is 4.22. The number of amides is 2. The number of anilines is 1. The summed E-state index contributed by atoms with van der Waals surface area (Å²) in [6, 6.07) is -0.604. The van der Waals surface area contributed by atoms with Crippen LogP contribution in [0.2, 0.25) is 0 Å². The number of hydrogen-bond donors (Lipinski definition) is 4. The van der Waals surface area contributed by atoms with Crippen LogP contribution in [0.4, 0.5) is 15.5 Å². The summed E-state index contributed by atoms with van der Waals surface area (Å²) in [6.07, 6.45) is 2.58. The molecule has 0 saturated heterocycles. The number of hydrogen-bond acceptors (Lipinski definition) is 9. The fraction of sp³-hybridized carbons (Fsp3) is 0.737. The molecule has 174 valence electrons. The third-order valence-corrected chi connectivity index (χ3v) is 5.51. The monoisotopic (exact) mass is 478 g/mol. The first-order valence-electron chi connectivity index (χ1n) is 9.99. The molecule has 1 saturated carbocycles. The number of carboxylic acids is 1. The Morgan fingerprint density at radius 3 is 2.56 bits per heavy atom. The molecule has 0 bridgehead atoms. The zero-order valence-electron chi connectivity index (χ0n) is 19.3. The van der Waals surface area contributed by atoms with Crippen LogP contribution in [0, 0.1) is 16.2 Å². The van der Waals surface area contributed by atoms with Crippen molar-refractivity contribution in [1.29, 1.82) is 0 Å². The second-order valence-electron chi connectivity index (χ2n) is 9.69. The molecule has 0 radical (unpaired) electrons. The van der Waals surface area contributed by atoms with E-state index in [2.05, 4.69) is 34.6 Å². The number of alkyl carbamates (subject to hydrolysis) is 1. The fourth-order valence-corrected chi connectivity index (χ4v) is 4.22. The molecule has 3 unspecified atom stereocenters. The summed E-state index contributed by atoms with van der Waals surface area (Å²) in [6.45, 7) is 6.44. The summed E-state index contributed by atoms with van der Waals surface area (Å²) >= 11 is 0. The number of nitrogens with zero attached hydrogens (tertiary/aromatic N) is 3. The number of nitrogens with two attached hydrogens (primary N) is 1. The standard InChI is InChI=1S/C19H32N6O6.K/c1-17(2)5-12(23-15(29)25-11-22-14(20)24-25)6-18(3,7-17)8-21-16(30)31-10-19(4,9-26)13(27)28;/h11-12,26H,5-10H2,1-4H3,(H2,20,24)(H,21,30)(H,23,29)(H,27,28);/q;+1/p-1. The van der Waals surface area contributed by atoms with Crippen molar-refractivity contribution in [2.75, 3.05) is 25.5 Å². The van der Waals surface area contributed by atoms with Crippen LogP contribution in [0.15, 0.2) is 6.33 Å². The van der Waals surface area contributed by atoms with Crippen LogP contribution >= 0.6 is 0 Å². The Bertz CT molecular complexity index is 833. The minimum Gasteiger partial charge on any atom is -0.549 e. The Morgan fingerprint density at radius 1 is 1.38 bits per heavy atom. The van der Waals surface area contributed by atoms with Gasteiger partial charge in [-0.05, 0) is 37.0 Å². The predicted octanol–water partition coefficient (Wildman–Crippen LogP) is -3.52. The van der Waals surface area contributed by atoms with E-state index in [0.29, 0.717) is 6.42 Å². The number of nitrogen functional groups attached to an aromatic ring is 1. The number of aromatic nitrogens is 3. The second kappa shape index (κ2) is 11.2. The molecular formula is C19H31KN6O6. The minimum atomic E-state index is -1.67. The molecule has 2 rings (SSSR count). The molecule has 1 aromatic heterocycles. The number of carboxylic acid groups (broad SMARTS) is 1. The van der Waals surface area contributed by atoms with Crippen molar-refractivity contribution < 1.29 is 80.7 Å². The summed E-state index contributed by atoms with van der Waals surface area (Å²) in [7, 11) is 0. The zero-order chi connectivity index (χ0) is 23.4. The molecule has 1 heterocycles. The molecule has 1 aliphatic carbocycles. The Labute approximate surface area is 229 Å². The van der Waals surface area contributed by atoms with Crippen molar-refractivity contribution in [2.45, 2.75) is 53.0 Å². The van der Waals surface area contributed by atoms with Crippen molar-refractivity contribution in [1.82, 2.24) is 25.4 Å². The second-order valence-corrected chi connectivity index (χ2v) is 9.69. The van der Waals surface area contributed by atoms with Gasteiger partial charge in [0.2, 0.25) is 5.95 Å². The van der Waals surface area contributed by atoms with E-state index in [0.717, 1.165) is 17.5 Å². The number of ether oxygens (including phenoxy) is 1. The Morgan fingerprint density at radius 2 is 2.03 bits per heavy atom. The third-order valence-electron chi connectivity index (χ3n) is 5.51. The van der Waals surface area contributed by atoms with E-state index in [-0.39, 0.29) is 80.7 Å². The molecule has 32 heavy (non-hydrogen) atoms. The van der Waals surface area contributed by atoms with Gasteiger partial charge in [-0.25, -0.2) is 14.6 Å². The van der Waals surface area contributed by atoms with Crippen LogP contribution in [-0.2, 0) is 9.53 Å². The van der Waals surface area contributed by atoms with Crippen LogP contribution in [0.25, 0.3) is 0 Å². The van der Waals surface area contributed by atoms with Gasteiger partial charge >= 0.3 is 63.5 Å². The normalized spacial score (nSPS) is 23.8. The predicted molar refractivity (Wildman–Crippen MR) is 107 cm³/mol. The maximum Gasteiger partial charge on any atom is 1.00 e. The number of aliphatic carboxylic acids is 1. The zero-order valence-corrected chi connectivity index (χ0v) is 22.4. The summed E-state index contributed by atoms with van der Waals surface area (Å²) < 4.78 is 6.01. The Balaban J connectivity index is 0.00000512. The molecule has 1 aliphatic rings. The van der Waals surface area contributed by atoms with Crippen molar-refractivity contribution in [3.63, 3.8) is 0 Å². The molecular weight excluding hydrogens is 447 g/mol. The topological polar surface area (TPSA) is 185 Å². The molecule has 5 N–H and O–H groups in total. The van der Waals surface area contributed by atoms with Crippen molar-refractivity contribution in [2.24, 2.45) is 16.2 Å². The first-order valence-corrected chi connectivity index (χ1v) is 9.99. The molecule has 0 spiro atoms. The van der Waals surface area contributed by atoms with Gasteiger partial charge in [-0.3, -0.25) is 0 Å². The van der Waals surface area contributed by atoms with E-state index in [1.54, 1.807) is 0 Å². The summed E-state index contributed by atoms with van der Waals surface area (Å²) in [4.78, 5) is 39.3. The number of rotatable bonds is 7. The third kappa shape index (κ3) is 7.95. The number of aliphatic hydroxyl groups is 1. The molecule has 0 aliphatic heterocycles. The van der Waals surface area contributed by atoms with E-state index < -0.39 is 36.7 Å². The number of carbonyl (C=O) groups is 3. The molecule has 1 fully saturated rings. The van der Waals surface area contributed by atoms with Crippen molar-refractivity contribution in [3.05, 3.63) is 6.33 Å². The number of aliphatic hydroxyl groups excluding tert-OH is 1. The SMILES string of the molecule is CC1(C)CC(NC(=O)n2cnc(N)n2)CC(C)(CNC(=O)OCC(C)(CO)C(=O)[O-])C1.[K+].